The standard InChI is InChI=1S/C30H36FN3O5S/c1-4-6-19-32-30(36)28(5-2)33(21-23-11-10-14-26(20-23)39-3)29(35)22-34(25-12-8-7-9-13-25)40(37,38)27-17-15-24(31)16-18-27/h7-18,20,28H,4-6,19,21-22H2,1-3H3,(H,32,36). The van der Waals surface area contributed by atoms with Crippen molar-refractivity contribution in [3.63, 3.8) is 0 Å². The summed E-state index contributed by atoms with van der Waals surface area (Å²) in [4.78, 5) is 28.5. The van der Waals surface area contributed by atoms with E-state index in [9.17, 15) is 22.4 Å². The van der Waals surface area contributed by atoms with Crippen molar-refractivity contribution in [3.05, 3.63) is 90.2 Å². The zero-order chi connectivity index (χ0) is 29.1. The summed E-state index contributed by atoms with van der Waals surface area (Å²) in [6, 6.07) is 19.0. The minimum atomic E-state index is -4.25. The SMILES string of the molecule is CCCCNC(=O)C(CC)N(Cc1cccc(OC)c1)C(=O)CN(c1ccccc1)S(=O)(=O)c1ccc(F)cc1. The monoisotopic (exact) mass is 569 g/mol. The number of rotatable bonds is 14. The molecule has 1 N–H and O–H groups in total. The molecule has 1 atom stereocenters. The van der Waals surface area contributed by atoms with Crippen molar-refractivity contribution in [2.24, 2.45) is 0 Å². The predicted molar refractivity (Wildman–Crippen MR) is 153 cm³/mol. The van der Waals surface area contributed by atoms with Gasteiger partial charge in [-0.2, -0.15) is 0 Å². The van der Waals surface area contributed by atoms with Gasteiger partial charge < -0.3 is 15.0 Å². The number of methoxy groups -OCH3 is 1. The first-order valence-electron chi connectivity index (χ1n) is 13.2. The van der Waals surface area contributed by atoms with Crippen molar-refractivity contribution in [3.8, 4) is 5.75 Å². The molecule has 0 saturated carbocycles. The minimum absolute atomic E-state index is 0.0644. The molecule has 10 heteroatoms. The van der Waals surface area contributed by atoms with Gasteiger partial charge in [0.05, 0.1) is 17.7 Å². The van der Waals surface area contributed by atoms with Gasteiger partial charge in [-0.25, -0.2) is 12.8 Å². The van der Waals surface area contributed by atoms with E-state index in [2.05, 4.69) is 5.32 Å². The number of halogens is 1. The van der Waals surface area contributed by atoms with Gasteiger partial charge in [-0.3, -0.25) is 13.9 Å². The van der Waals surface area contributed by atoms with E-state index in [0.29, 0.717) is 18.7 Å². The van der Waals surface area contributed by atoms with Gasteiger partial charge in [0.25, 0.3) is 10.0 Å². The Hall–Kier alpha value is -3.92. The molecular weight excluding hydrogens is 533 g/mol. The fraction of sp³-hybridized carbons (Fsp3) is 0.333. The number of anilines is 1. The second-order valence-electron chi connectivity index (χ2n) is 9.24. The molecule has 0 aliphatic rings. The molecule has 3 aromatic carbocycles. The Bertz CT molecular complexity index is 1370. The Labute approximate surface area is 235 Å². The van der Waals surface area contributed by atoms with E-state index in [1.165, 1.54) is 12.0 Å². The molecule has 1 unspecified atom stereocenters. The highest BCUT2D eigenvalue weighted by Gasteiger charge is 2.33. The van der Waals surface area contributed by atoms with Crippen molar-refractivity contribution in [2.75, 3.05) is 24.5 Å². The van der Waals surface area contributed by atoms with Crippen molar-refractivity contribution in [1.29, 1.82) is 0 Å². The van der Waals surface area contributed by atoms with Crippen LogP contribution in [-0.4, -0.2) is 51.4 Å². The summed E-state index contributed by atoms with van der Waals surface area (Å²) in [6.07, 6.45) is 2.02. The van der Waals surface area contributed by atoms with E-state index < -0.39 is 34.3 Å². The van der Waals surface area contributed by atoms with Crippen LogP contribution >= 0.6 is 0 Å². The molecule has 2 amide bonds. The summed E-state index contributed by atoms with van der Waals surface area (Å²) >= 11 is 0. The summed E-state index contributed by atoms with van der Waals surface area (Å²) in [5.74, 6) is -0.851. The van der Waals surface area contributed by atoms with Gasteiger partial charge in [0.2, 0.25) is 11.8 Å². The summed E-state index contributed by atoms with van der Waals surface area (Å²) in [5.41, 5.74) is 0.988. The maximum absolute atomic E-state index is 14.0. The summed E-state index contributed by atoms with van der Waals surface area (Å²) in [7, 11) is -2.72. The topological polar surface area (TPSA) is 96.0 Å². The number of para-hydroxylation sites is 1. The Morgan fingerprint density at radius 2 is 1.68 bits per heavy atom. The molecule has 0 aliphatic heterocycles. The lowest BCUT2D eigenvalue weighted by atomic mass is 10.1. The molecule has 40 heavy (non-hydrogen) atoms. The number of carbonyl (C=O) groups excluding carboxylic acids is 2. The zero-order valence-electron chi connectivity index (χ0n) is 23.0. The molecule has 0 aliphatic carbocycles. The smallest absolute Gasteiger partial charge is 0.264 e. The van der Waals surface area contributed by atoms with E-state index in [-0.39, 0.29) is 23.0 Å². The molecule has 0 aromatic heterocycles. The van der Waals surface area contributed by atoms with Crippen LogP contribution in [0.5, 0.6) is 5.75 Å². The van der Waals surface area contributed by atoms with E-state index in [0.717, 1.165) is 47.0 Å². The highest BCUT2D eigenvalue weighted by Crippen LogP contribution is 2.25. The number of hydrogen-bond acceptors (Lipinski definition) is 5. The predicted octanol–water partition coefficient (Wildman–Crippen LogP) is 4.75. The Morgan fingerprint density at radius 1 is 0.975 bits per heavy atom. The molecule has 214 valence electrons. The van der Waals surface area contributed by atoms with E-state index >= 15 is 0 Å². The summed E-state index contributed by atoms with van der Waals surface area (Å²) in [5, 5.41) is 2.90. The Kier molecular flexibility index (Phi) is 11.1. The van der Waals surface area contributed by atoms with E-state index in [1.54, 1.807) is 55.5 Å². The average Bonchev–Trinajstić information content (AvgIpc) is 2.96. The molecular formula is C30H36FN3O5S. The number of unbranched alkanes of at least 4 members (excludes halogenated alkanes) is 1. The Morgan fingerprint density at radius 3 is 2.30 bits per heavy atom. The van der Waals surface area contributed by atoms with Crippen molar-refractivity contribution >= 4 is 27.5 Å². The summed E-state index contributed by atoms with van der Waals surface area (Å²) < 4.78 is 47.3. The van der Waals surface area contributed by atoms with Crippen LogP contribution in [0.2, 0.25) is 0 Å². The maximum Gasteiger partial charge on any atom is 0.264 e. The lowest BCUT2D eigenvalue weighted by Gasteiger charge is -2.33. The van der Waals surface area contributed by atoms with Crippen LogP contribution in [0.25, 0.3) is 0 Å². The van der Waals surface area contributed by atoms with Crippen LogP contribution < -0.4 is 14.4 Å². The lowest BCUT2D eigenvalue weighted by Crippen LogP contribution is -2.52. The molecule has 0 heterocycles. The van der Waals surface area contributed by atoms with Gasteiger partial charge in [0, 0.05) is 13.1 Å². The quantitative estimate of drug-likeness (QED) is 0.283. The maximum atomic E-state index is 14.0. The largest absolute Gasteiger partial charge is 0.497 e. The van der Waals surface area contributed by atoms with Crippen LogP contribution in [0.15, 0.2) is 83.8 Å². The van der Waals surface area contributed by atoms with Crippen molar-refractivity contribution in [1.82, 2.24) is 10.2 Å². The van der Waals surface area contributed by atoms with Gasteiger partial charge in [-0.05, 0) is 66.9 Å². The van der Waals surface area contributed by atoms with Gasteiger partial charge in [-0.15, -0.1) is 0 Å². The normalized spacial score (nSPS) is 11.9. The second kappa shape index (κ2) is 14.5. The first-order valence-corrected chi connectivity index (χ1v) is 14.7. The molecule has 3 rings (SSSR count). The third-order valence-corrected chi connectivity index (χ3v) is 8.22. The Balaban J connectivity index is 2.01. The number of carbonyl (C=O) groups is 2. The summed E-state index contributed by atoms with van der Waals surface area (Å²) in [6.45, 7) is 3.80. The average molecular weight is 570 g/mol. The fourth-order valence-corrected chi connectivity index (χ4v) is 5.66. The number of amides is 2. The third kappa shape index (κ3) is 7.81. The van der Waals surface area contributed by atoms with Crippen LogP contribution in [0.1, 0.15) is 38.7 Å². The van der Waals surface area contributed by atoms with Crippen LogP contribution in [-0.2, 0) is 26.2 Å². The molecule has 0 fully saturated rings. The van der Waals surface area contributed by atoms with Crippen LogP contribution in [0.4, 0.5) is 10.1 Å². The molecule has 0 radical (unpaired) electrons. The first-order chi connectivity index (χ1) is 19.2. The third-order valence-electron chi connectivity index (χ3n) is 6.43. The van der Waals surface area contributed by atoms with Crippen LogP contribution in [0.3, 0.4) is 0 Å². The number of ether oxygens (including phenoxy) is 1. The highest BCUT2D eigenvalue weighted by molar-refractivity contribution is 7.92. The van der Waals surface area contributed by atoms with Crippen molar-refractivity contribution in [2.45, 2.75) is 50.6 Å². The molecule has 3 aromatic rings. The number of sulfonamides is 1. The lowest BCUT2D eigenvalue weighted by molar-refractivity contribution is -0.140. The van der Waals surface area contributed by atoms with Crippen molar-refractivity contribution < 1.29 is 27.1 Å². The molecule has 0 spiro atoms. The minimum Gasteiger partial charge on any atom is -0.497 e. The number of benzene rings is 3. The number of hydrogen-bond donors (Lipinski definition) is 1. The van der Waals surface area contributed by atoms with Crippen LogP contribution in [0, 0.1) is 5.82 Å². The zero-order valence-corrected chi connectivity index (χ0v) is 23.9. The first kappa shape index (κ1) is 30.6. The highest BCUT2D eigenvalue weighted by atomic mass is 32.2. The van der Waals surface area contributed by atoms with Gasteiger partial charge >= 0.3 is 0 Å². The van der Waals surface area contributed by atoms with Gasteiger partial charge in [0.1, 0.15) is 24.2 Å². The number of nitrogens with zero attached hydrogens (tertiary/aromatic N) is 2. The van der Waals surface area contributed by atoms with Gasteiger partial charge in [0.15, 0.2) is 0 Å². The molecule has 0 saturated heterocycles. The molecule has 0 bridgehead atoms. The van der Waals surface area contributed by atoms with E-state index in [4.69, 9.17) is 4.74 Å². The fourth-order valence-electron chi connectivity index (χ4n) is 4.25. The van der Waals surface area contributed by atoms with Gasteiger partial charge in [-0.1, -0.05) is 50.6 Å². The van der Waals surface area contributed by atoms with E-state index in [1.807, 2.05) is 13.0 Å². The molecule has 8 nitrogen and oxygen atoms in total. The second-order valence-corrected chi connectivity index (χ2v) is 11.1. The number of nitrogens with one attached hydrogen (secondary N) is 1.